The van der Waals surface area contributed by atoms with Gasteiger partial charge in [-0.05, 0) is 47.7 Å². The zero-order valence-corrected chi connectivity index (χ0v) is 13.2. The standard InChI is InChI=1S/C17H17NO4.ClH/c19-14-2-1-9-5-13-11-7-16(21)15(20)6-10(11)3-4-18(13)8-12(9)17(14)22;/h1-2,6-7,13,19-22H,3-5,8H2;1H. The zero-order valence-electron chi connectivity index (χ0n) is 12.4. The molecule has 4 rings (SSSR count). The summed E-state index contributed by atoms with van der Waals surface area (Å²) in [4.78, 5) is 2.24. The quantitative estimate of drug-likeness (QED) is 0.556. The summed E-state index contributed by atoms with van der Waals surface area (Å²) in [5, 5.41) is 39.2. The van der Waals surface area contributed by atoms with Gasteiger partial charge in [-0.25, -0.2) is 0 Å². The molecule has 2 aliphatic rings. The van der Waals surface area contributed by atoms with Gasteiger partial charge in [0.2, 0.25) is 0 Å². The Kier molecular flexibility index (Phi) is 3.78. The van der Waals surface area contributed by atoms with E-state index in [2.05, 4.69) is 4.90 Å². The number of phenolic OH excluding ortho intramolecular Hbond substituents is 4. The molecule has 0 fully saturated rings. The van der Waals surface area contributed by atoms with Gasteiger partial charge in [-0.3, -0.25) is 4.90 Å². The van der Waals surface area contributed by atoms with Gasteiger partial charge in [-0.15, -0.1) is 12.4 Å². The lowest BCUT2D eigenvalue weighted by Gasteiger charge is -2.41. The normalized spacial score (nSPS) is 19.2. The largest absolute Gasteiger partial charge is 0.504 e. The summed E-state index contributed by atoms with van der Waals surface area (Å²) >= 11 is 0. The van der Waals surface area contributed by atoms with Crippen LogP contribution in [0.1, 0.15) is 28.3 Å². The Labute approximate surface area is 139 Å². The van der Waals surface area contributed by atoms with Crippen molar-refractivity contribution in [1.29, 1.82) is 0 Å². The molecular formula is C17H18ClNO4. The number of hydrogen-bond acceptors (Lipinski definition) is 5. The second kappa shape index (κ2) is 5.51. The number of aromatic hydroxyl groups is 4. The molecule has 5 nitrogen and oxygen atoms in total. The smallest absolute Gasteiger partial charge is 0.162 e. The molecule has 0 bridgehead atoms. The minimum atomic E-state index is -0.0973. The molecule has 23 heavy (non-hydrogen) atoms. The van der Waals surface area contributed by atoms with Crippen molar-refractivity contribution < 1.29 is 20.4 Å². The van der Waals surface area contributed by atoms with Crippen LogP contribution in [-0.2, 0) is 19.4 Å². The summed E-state index contributed by atoms with van der Waals surface area (Å²) < 4.78 is 0. The van der Waals surface area contributed by atoms with Crippen molar-refractivity contribution in [1.82, 2.24) is 4.90 Å². The highest BCUT2D eigenvalue weighted by Gasteiger charge is 2.34. The first-order chi connectivity index (χ1) is 10.5. The molecule has 4 N–H and O–H groups in total. The van der Waals surface area contributed by atoms with E-state index in [0.29, 0.717) is 13.0 Å². The minimum absolute atomic E-state index is 0. The van der Waals surface area contributed by atoms with Crippen molar-refractivity contribution >= 4 is 12.4 Å². The highest BCUT2D eigenvalue weighted by atomic mass is 35.5. The predicted molar refractivity (Wildman–Crippen MR) is 87.4 cm³/mol. The molecule has 1 unspecified atom stereocenters. The van der Waals surface area contributed by atoms with E-state index >= 15 is 0 Å². The molecule has 0 spiro atoms. The van der Waals surface area contributed by atoms with Gasteiger partial charge in [0.05, 0.1) is 0 Å². The van der Waals surface area contributed by atoms with Crippen LogP contribution in [0.15, 0.2) is 24.3 Å². The van der Waals surface area contributed by atoms with Gasteiger partial charge in [0, 0.05) is 24.7 Å². The van der Waals surface area contributed by atoms with Crippen molar-refractivity contribution in [3.8, 4) is 23.0 Å². The third-order valence-electron chi connectivity index (χ3n) is 4.84. The summed E-state index contributed by atoms with van der Waals surface area (Å²) in [6, 6.07) is 6.77. The van der Waals surface area contributed by atoms with Crippen LogP contribution in [0.2, 0.25) is 0 Å². The Bertz CT molecular complexity index is 778. The molecule has 0 saturated carbocycles. The number of benzene rings is 2. The average molecular weight is 336 g/mol. The fraction of sp³-hybridized carbons (Fsp3) is 0.294. The molecule has 2 aromatic carbocycles. The average Bonchev–Trinajstić information content (AvgIpc) is 2.51. The molecule has 2 aromatic rings. The van der Waals surface area contributed by atoms with E-state index in [4.69, 9.17) is 0 Å². The van der Waals surface area contributed by atoms with Crippen LogP contribution < -0.4 is 0 Å². The molecule has 122 valence electrons. The maximum atomic E-state index is 10.1. The van der Waals surface area contributed by atoms with Crippen LogP contribution in [0.3, 0.4) is 0 Å². The SMILES string of the molecule is Cl.Oc1cc2c(cc1O)C1Cc3ccc(O)c(O)c3CN1CC2. The molecule has 0 aliphatic carbocycles. The van der Waals surface area contributed by atoms with E-state index in [1.807, 2.05) is 6.07 Å². The molecule has 0 radical (unpaired) electrons. The van der Waals surface area contributed by atoms with Gasteiger partial charge < -0.3 is 20.4 Å². The summed E-state index contributed by atoms with van der Waals surface area (Å²) in [5.74, 6) is -0.293. The molecule has 0 aromatic heterocycles. The maximum Gasteiger partial charge on any atom is 0.162 e. The Morgan fingerprint density at radius 2 is 1.65 bits per heavy atom. The van der Waals surface area contributed by atoms with E-state index in [-0.39, 0.29) is 41.4 Å². The lowest BCUT2D eigenvalue weighted by Crippen LogP contribution is -2.39. The lowest BCUT2D eigenvalue weighted by atomic mass is 9.83. The van der Waals surface area contributed by atoms with Crippen LogP contribution in [-0.4, -0.2) is 31.9 Å². The molecule has 2 aliphatic heterocycles. The summed E-state index contributed by atoms with van der Waals surface area (Å²) in [6.45, 7) is 1.39. The predicted octanol–water partition coefficient (Wildman–Crippen LogP) is 2.59. The first-order valence-corrected chi connectivity index (χ1v) is 7.36. The van der Waals surface area contributed by atoms with Crippen molar-refractivity contribution in [2.75, 3.05) is 6.54 Å². The highest BCUT2D eigenvalue weighted by molar-refractivity contribution is 5.85. The number of hydrogen-bond donors (Lipinski definition) is 4. The van der Waals surface area contributed by atoms with Crippen molar-refractivity contribution in [2.45, 2.75) is 25.4 Å². The number of nitrogens with zero attached hydrogens (tertiary/aromatic N) is 1. The highest BCUT2D eigenvalue weighted by Crippen LogP contribution is 2.44. The van der Waals surface area contributed by atoms with E-state index in [1.165, 1.54) is 6.07 Å². The number of rotatable bonds is 0. The van der Waals surface area contributed by atoms with E-state index < -0.39 is 0 Å². The first kappa shape index (κ1) is 15.8. The number of halogens is 1. The van der Waals surface area contributed by atoms with Crippen LogP contribution >= 0.6 is 12.4 Å². The fourth-order valence-corrected chi connectivity index (χ4v) is 3.65. The topological polar surface area (TPSA) is 84.2 Å². The minimum Gasteiger partial charge on any atom is -0.504 e. The summed E-state index contributed by atoms with van der Waals surface area (Å²) in [6.07, 6.45) is 1.50. The Morgan fingerprint density at radius 3 is 2.43 bits per heavy atom. The van der Waals surface area contributed by atoms with Gasteiger partial charge in [-0.1, -0.05) is 6.07 Å². The van der Waals surface area contributed by atoms with Gasteiger partial charge in [0.25, 0.3) is 0 Å². The van der Waals surface area contributed by atoms with E-state index in [1.54, 1.807) is 12.1 Å². The van der Waals surface area contributed by atoms with Gasteiger partial charge in [0.15, 0.2) is 23.0 Å². The van der Waals surface area contributed by atoms with Crippen molar-refractivity contribution in [3.63, 3.8) is 0 Å². The van der Waals surface area contributed by atoms with Gasteiger partial charge >= 0.3 is 0 Å². The second-order valence-electron chi connectivity index (χ2n) is 6.05. The first-order valence-electron chi connectivity index (χ1n) is 7.36. The van der Waals surface area contributed by atoms with Crippen molar-refractivity contribution in [2.24, 2.45) is 0 Å². The maximum absolute atomic E-state index is 10.1. The molecule has 0 amide bonds. The third kappa shape index (κ3) is 2.36. The molecule has 0 saturated heterocycles. The lowest BCUT2D eigenvalue weighted by molar-refractivity contribution is 0.157. The Morgan fingerprint density at radius 1 is 0.913 bits per heavy atom. The van der Waals surface area contributed by atoms with Gasteiger partial charge in [-0.2, -0.15) is 0 Å². The number of phenols is 4. The van der Waals surface area contributed by atoms with Gasteiger partial charge in [0.1, 0.15) is 0 Å². The van der Waals surface area contributed by atoms with E-state index in [0.717, 1.165) is 35.2 Å². The molecule has 6 heteroatoms. The zero-order chi connectivity index (χ0) is 15.4. The molecule has 1 atom stereocenters. The second-order valence-corrected chi connectivity index (χ2v) is 6.05. The fourth-order valence-electron chi connectivity index (χ4n) is 3.65. The van der Waals surface area contributed by atoms with Crippen LogP contribution in [0.4, 0.5) is 0 Å². The van der Waals surface area contributed by atoms with Crippen molar-refractivity contribution in [3.05, 3.63) is 46.5 Å². The molecule has 2 heterocycles. The Hall–Kier alpha value is -2.11. The van der Waals surface area contributed by atoms with Crippen LogP contribution in [0, 0.1) is 0 Å². The monoisotopic (exact) mass is 335 g/mol. The number of fused-ring (bicyclic) bond motifs is 4. The van der Waals surface area contributed by atoms with E-state index in [9.17, 15) is 20.4 Å². The third-order valence-corrected chi connectivity index (χ3v) is 4.84. The Balaban J connectivity index is 0.00000156. The van der Waals surface area contributed by atoms with Crippen LogP contribution in [0.5, 0.6) is 23.0 Å². The summed E-state index contributed by atoms with van der Waals surface area (Å²) in [7, 11) is 0. The summed E-state index contributed by atoms with van der Waals surface area (Å²) in [5.41, 5.74) is 3.88. The van der Waals surface area contributed by atoms with Crippen LogP contribution in [0.25, 0.3) is 0 Å². The molecular weight excluding hydrogens is 318 g/mol.